The SMILES string of the molecule is C=C(C)C1=NC(C)(C)C(C)(C)c2c1cc(C)c(F)c2C. The van der Waals surface area contributed by atoms with Gasteiger partial charge in [-0.15, -0.1) is 0 Å². The third-order valence-corrected chi connectivity index (χ3v) is 4.89. The summed E-state index contributed by atoms with van der Waals surface area (Å²) in [6, 6.07) is 1.92. The number of halogens is 1. The van der Waals surface area contributed by atoms with E-state index in [0.29, 0.717) is 5.56 Å². The Morgan fingerprint density at radius 2 is 1.75 bits per heavy atom. The second-order valence-electron chi connectivity index (χ2n) is 6.98. The van der Waals surface area contributed by atoms with E-state index in [0.717, 1.165) is 28.0 Å². The molecule has 0 bridgehead atoms. The van der Waals surface area contributed by atoms with Crippen LogP contribution < -0.4 is 0 Å². The molecule has 0 aromatic heterocycles. The molecule has 0 unspecified atom stereocenters. The summed E-state index contributed by atoms with van der Waals surface area (Å²) in [5, 5.41) is 0. The maximum atomic E-state index is 14.4. The minimum atomic E-state index is -0.291. The average molecular weight is 273 g/mol. The van der Waals surface area contributed by atoms with Crippen LogP contribution in [0.3, 0.4) is 0 Å². The zero-order valence-electron chi connectivity index (χ0n) is 13.6. The molecule has 1 aromatic rings. The van der Waals surface area contributed by atoms with Crippen molar-refractivity contribution in [2.45, 2.75) is 59.4 Å². The molecule has 0 radical (unpaired) electrons. The topological polar surface area (TPSA) is 12.4 Å². The normalized spacial score (nSPS) is 19.3. The van der Waals surface area contributed by atoms with E-state index < -0.39 is 0 Å². The smallest absolute Gasteiger partial charge is 0.129 e. The van der Waals surface area contributed by atoms with Gasteiger partial charge < -0.3 is 0 Å². The zero-order chi connectivity index (χ0) is 15.5. The van der Waals surface area contributed by atoms with Crippen molar-refractivity contribution in [2.75, 3.05) is 0 Å². The number of benzene rings is 1. The van der Waals surface area contributed by atoms with Gasteiger partial charge in [-0.1, -0.05) is 20.4 Å². The van der Waals surface area contributed by atoms with Crippen LogP contribution in [0.25, 0.3) is 0 Å². The molecule has 2 rings (SSSR count). The van der Waals surface area contributed by atoms with Crippen LogP contribution in [0, 0.1) is 19.7 Å². The highest BCUT2D eigenvalue weighted by molar-refractivity contribution is 6.14. The summed E-state index contributed by atoms with van der Waals surface area (Å²) in [4.78, 5) is 4.91. The standard InChI is InChI=1S/C18H24FN/c1-10(2)16-13-9-11(3)15(19)12(4)14(13)17(5,6)18(7,8)20-16/h9H,1H2,2-8H3. The largest absolute Gasteiger partial charge is 0.278 e. The molecule has 1 aliphatic heterocycles. The van der Waals surface area contributed by atoms with Crippen molar-refractivity contribution in [3.8, 4) is 0 Å². The van der Waals surface area contributed by atoms with Crippen LogP contribution in [0.5, 0.6) is 0 Å². The molecule has 108 valence electrons. The summed E-state index contributed by atoms with van der Waals surface area (Å²) in [6.45, 7) is 18.2. The Hall–Kier alpha value is -1.44. The molecule has 0 spiro atoms. The first-order valence-electron chi connectivity index (χ1n) is 7.07. The molecule has 0 N–H and O–H groups in total. The average Bonchev–Trinajstić information content (AvgIpc) is 2.30. The van der Waals surface area contributed by atoms with Gasteiger partial charge in [0.1, 0.15) is 5.82 Å². The van der Waals surface area contributed by atoms with Gasteiger partial charge in [-0.3, -0.25) is 4.99 Å². The van der Waals surface area contributed by atoms with Gasteiger partial charge in [-0.25, -0.2) is 4.39 Å². The highest BCUT2D eigenvalue weighted by Gasteiger charge is 2.45. The van der Waals surface area contributed by atoms with Crippen molar-refractivity contribution >= 4 is 5.71 Å². The summed E-state index contributed by atoms with van der Waals surface area (Å²) >= 11 is 0. The molecule has 0 saturated carbocycles. The lowest BCUT2D eigenvalue weighted by Crippen LogP contribution is -2.46. The second-order valence-corrected chi connectivity index (χ2v) is 6.98. The van der Waals surface area contributed by atoms with Crippen LogP contribution in [0.4, 0.5) is 4.39 Å². The molecule has 1 nitrogen and oxygen atoms in total. The zero-order valence-corrected chi connectivity index (χ0v) is 13.6. The lowest BCUT2D eigenvalue weighted by Gasteiger charge is -2.45. The van der Waals surface area contributed by atoms with Crippen molar-refractivity contribution < 1.29 is 4.39 Å². The fourth-order valence-electron chi connectivity index (χ4n) is 3.06. The van der Waals surface area contributed by atoms with Gasteiger partial charge in [0.15, 0.2) is 0 Å². The van der Waals surface area contributed by atoms with Crippen LogP contribution in [0.1, 0.15) is 56.9 Å². The summed E-state index contributed by atoms with van der Waals surface area (Å²) in [6.07, 6.45) is 0. The highest BCUT2D eigenvalue weighted by atomic mass is 19.1. The number of aryl methyl sites for hydroxylation is 1. The predicted molar refractivity (Wildman–Crippen MR) is 84.3 cm³/mol. The molecule has 0 amide bonds. The van der Waals surface area contributed by atoms with Gasteiger partial charge >= 0.3 is 0 Å². The van der Waals surface area contributed by atoms with Crippen molar-refractivity contribution in [3.05, 3.63) is 46.3 Å². The van der Waals surface area contributed by atoms with Crippen molar-refractivity contribution in [1.29, 1.82) is 0 Å². The van der Waals surface area contributed by atoms with Crippen molar-refractivity contribution in [3.63, 3.8) is 0 Å². The monoisotopic (exact) mass is 273 g/mol. The summed E-state index contributed by atoms with van der Waals surface area (Å²) in [5.41, 5.74) is 4.85. The van der Waals surface area contributed by atoms with Crippen molar-refractivity contribution in [2.24, 2.45) is 4.99 Å². The molecular formula is C18H24FN. The van der Waals surface area contributed by atoms with Crippen LogP contribution >= 0.6 is 0 Å². The second kappa shape index (κ2) is 4.28. The Bertz CT molecular complexity index is 633. The van der Waals surface area contributed by atoms with Crippen LogP contribution in [-0.2, 0) is 5.41 Å². The first-order chi connectivity index (χ1) is 9.00. The quantitative estimate of drug-likeness (QED) is 0.691. The van der Waals surface area contributed by atoms with Gasteiger partial charge in [0.25, 0.3) is 0 Å². The molecular weight excluding hydrogens is 249 g/mol. The Kier molecular flexibility index (Phi) is 3.20. The molecule has 0 atom stereocenters. The van der Waals surface area contributed by atoms with E-state index in [2.05, 4.69) is 34.3 Å². The summed E-state index contributed by atoms with van der Waals surface area (Å²) < 4.78 is 14.4. The summed E-state index contributed by atoms with van der Waals surface area (Å²) in [7, 11) is 0. The highest BCUT2D eigenvalue weighted by Crippen LogP contribution is 2.46. The maximum Gasteiger partial charge on any atom is 0.129 e. The minimum absolute atomic E-state index is 0.101. The van der Waals surface area contributed by atoms with Gasteiger partial charge in [0.05, 0.1) is 11.3 Å². The van der Waals surface area contributed by atoms with Crippen LogP contribution in [0.2, 0.25) is 0 Å². The third-order valence-electron chi connectivity index (χ3n) is 4.89. The number of rotatable bonds is 1. The number of fused-ring (bicyclic) bond motifs is 1. The van der Waals surface area contributed by atoms with Gasteiger partial charge in [0.2, 0.25) is 0 Å². The lowest BCUT2D eigenvalue weighted by atomic mass is 9.64. The molecule has 0 fully saturated rings. The Balaban J connectivity index is 2.94. The predicted octanol–water partition coefficient (Wildman–Crippen LogP) is 4.88. The molecule has 0 aliphatic carbocycles. The molecule has 0 saturated heterocycles. The summed E-state index contributed by atoms with van der Waals surface area (Å²) in [5.74, 6) is -0.101. The number of hydrogen-bond acceptors (Lipinski definition) is 1. The number of hydrogen-bond donors (Lipinski definition) is 0. The molecule has 1 heterocycles. The van der Waals surface area contributed by atoms with Gasteiger partial charge in [-0.05, 0) is 62.9 Å². The first kappa shape index (κ1) is 15.0. The van der Waals surface area contributed by atoms with E-state index in [1.807, 2.05) is 26.8 Å². The fraction of sp³-hybridized carbons (Fsp3) is 0.500. The van der Waals surface area contributed by atoms with Crippen LogP contribution in [0.15, 0.2) is 23.2 Å². The lowest BCUT2D eigenvalue weighted by molar-refractivity contribution is 0.301. The number of aliphatic imine (C=N–C) groups is 1. The van der Waals surface area contributed by atoms with E-state index in [1.165, 1.54) is 0 Å². The Morgan fingerprint density at radius 1 is 1.20 bits per heavy atom. The van der Waals surface area contributed by atoms with E-state index in [4.69, 9.17) is 4.99 Å². The van der Waals surface area contributed by atoms with Gasteiger partial charge in [-0.2, -0.15) is 0 Å². The maximum absolute atomic E-state index is 14.4. The molecule has 1 aromatic carbocycles. The van der Waals surface area contributed by atoms with E-state index in [1.54, 1.807) is 0 Å². The first-order valence-corrected chi connectivity index (χ1v) is 7.07. The van der Waals surface area contributed by atoms with Crippen LogP contribution in [-0.4, -0.2) is 11.3 Å². The fourth-order valence-corrected chi connectivity index (χ4v) is 3.06. The number of allylic oxidation sites excluding steroid dienone is 1. The van der Waals surface area contributed by atoms with E-state index in [9.17, 15) is 4.39 Å². The molecule has 20 heavy (non-hydrogen) atoms. The van der Waals surface area contributed by atoms with E-state index in [-0.39, 0.29) is 16.8 Å². The Labute approximate surface area is 121 Å². The number of nitrogens with zero attached hydrogens (tertiary/aromatic N) is 1. The third kappa shape index (κ3) is 1.85. The van der Waals surface area contributed by atoms with E-state index >= 15 is 0 Å². The Morgan fingerprint density at radius 3 is 2.25 bits per heavy atom. The molecule has 2 heteroatoms. The molecule has 1 aliphatic rings. The van der Waals surface area contributed by atoms with Crippen molar-refractivity contribution in [1.82, 2.24) is 0 Å². The minimum Gasteiger partial charge on any atom is -0.278 e. The van der Waals surface area contributed by atoms with Gasteiger partial charge in [0, 0.05) is 11.0 Å².